The Kier molecular flexibility index (Phi) is 9.49. The molecule has 2 fully saturated rings. The summed E-state index contributed by atoms with van der Waals surface area (Å²) in [6, 6.07) is 6.56. The largest absolute Gasteiger partial charge is 0.416 e. The molecule has 0 aliphatic carbocycles. The van der Waals surface area contributed by atoms with Crippen molar-refractivity contribution in [1.82, 2.24) is 14.8 Å². The average molecular weight is 641 g/mol. The average Bonchev–Trinajstić information content (AvgIpc) is 3.27. The molecule has 3 aliphatic rings. The Bertz CT molecular complexity index is 1520. The lowest BCUT2D eigenvalue weighted by Crippen LogP contribution is -2.52. The first-order chi connectivity index (χ1) is 21.6. The predicted molar refractivity (Wildman–Crippen MR) is 172 cm³/mol. The van der Waals surface area contributed by atoms with Gasteiger partial charge < -0.3 is 19.6 Å². The van der Waals surface area contributed by atoms with Gasteiger partial charge in [0.25, 0.3) is 5.91 Å². The van der Waals surface area contributed by atoms with E-state index in [4.69, 9.17) is 0 Å². The fourth-order valence-electron chi connectivity index (χ4n) is 7.03. The highest BCUT2D eigenvalue weighted by molar-refractivity contribution is 6.10. The zero-order valence-corrected chi connectivity index (χ0v) is 27.2. The third kappa shape index (κ3) is 6.77. The number of benzene rings is 1. The number of nitrogens with zero attached hydrogens (tertiary/aromatic N) is 6. The molecule has 12 heteroatoms. The van der Waals surface area contributed by atoms with Crippen molar-refractivity contribution in [2.24, 2.45) is 11.8 Å². The molecular formula is C34H43F3N6O3. The fourth-order valence-corrected chi connectivity index (χ4v) is 7.03. The molecule has 5 rings (SSSR count). The van der Waals surface area contributed by atoms with E-state index in [-0.39, 0.29) is 29.7 Å². The van der Waals surface area contributed by atoms with Crippen molar-refractivity contribution in [3.63, 3.8) is 0 Å². The number of pyridine rings is 1. The Morgan fingerprint density at radius 1 is 1.09 bits per heavy atom. The number of aromatic nitrogens is 1. The fraction of sp³-hybridized carbons (Fsp3) is 0.529. The summed E-state index contributed by atoms with van der Waals surface area (Å²) < 4.78 is 41.1. The molecule has 9 nitrogen and oxygen atoms in total. The van der Waals surface area contributed by atoms with Gasteiger partial charge in [-0.3, -0.25) is 19.3 Å². The molecule has 2 saturated heterocycles. The van der Waals surface area contributed by atoms with Crippen LogP contribution in [0.5, 0.6) is 0 Å². The number of unbranched alkanes of at least 4 members (excludes halogenated alkanes) is 1. The Morgan fingerprint density at radius 3 is 2.48 bits per heavy atom. The second-order valence-corrected chi connectivity index (χ2v) is 13.2. The maximum absolute atomic E-state index is 14.0. The van der Waals surface area contributed by atoms with Crippen molar-refractivity contribution in [2.75, 3.05) is 68.6 Å². The molecular weight excluding hydrogens is 597 g/mol. The van der Waals surface area contributed by atoms with Gasteiger partial charge in [0.05, 0.1) is 16.9 Å². The van der Waals surface area contributed by atoms with E-state index in [0.717, 1.165) is 55.7 Å². The zero-order valence-electron chi connectivity index (χ0n) is 27.2. The molecule has 3 aliphatic heterocycles. The van der Waals surface area contributed by atoms with E-state index in [0.29, 0.717) is 36.8 Å². The van der Waals surface area contributed by atoms with Crippen molar-refractivity contribution in [1.29, 1.82) is 0 Å². The van der Waals surface area contributed by atoms with E-state index in [1.807, 2.05) is 49.0 Å². The number of anilines is 3. The second-order valence-electron chi connectivity index (χ2n) is 13.2. The summed E-state index contributed by atoms with van der Waals surface area (Å²) in [5.41, 5.74) is 2.43. The van der Waals surface area contributed by atoms with Crippen LogP contribution in [-0.4, -0.2) is 92.4 Å². The summed E-state index contributed by atoms with van der Waals surface area (Å²) in [6.45, 7) is 10.5. The molecule has 0 spiro atoms. The zero-order chi connectivity index (χ0) is 33.5. The van der Waals surface area contributed by atoms with Crippen molar-refractivity contribution < 1.29 is 27.6 Å². The Morgan fingerprint density at radius 2 is 1.80 bits per heavy atom. The highest BCUT2D eigenvalue weighted by Crippen LogP contribution is 2.41. The smallest absolute Gasteiger partial charge is 0.369 e. The van der Waals surface area contributed by atoms with E-state index in [1.54, 1.807) is 7.05 Å². The van der Waals surface area contributed by atoms with E-state index >= 15 is 0 Å². The van der Waals surface area contributed by atoms with Crippen LogP contribution >= 0.6 is 0 Å². The van der Waals surface area contributed by atoms with Crippen LogP contribution < -0.4 is 14.7 Å². The minimum absolute atomic E-state index is 0.0153. The number of amides is 3. The number of hydrogen-bond acceptors (Lipinski definition) is 6. The Labute approximate surface area is 268 Å². The van der Waals surface area contributed by atoms with Gasteiger partial charge in [0.2, 0.25) is 11.8 Å². The number of rotatable bonds is 9. The lowest BCUT2D eigenvalue weighted by molar-refractivity contribution is -0.137. The van der Waals surface area contributed by atoms with Gasteiger partial charge in [0, 0.05) is 63.4 Å². The van der Waals surface area contributed by atoms with Crippen molar-refractivity contribution >= 4 is 34.9 Å². The van der Waals surface area contributed by atoms with Gasteiger partial charge in [-0.2, -0.15) is 13.2 Å². The highest BCUT2D eigenvalue weighted by atomic mass is 19.4. The van der Waals surface area contributed by atoms with E-state index in [1.165, 1.54) is 16.7 Å². The lowest BCUT2D eigenvalue weighted by atomic mass is 9.92. The minimum atomic E-state index is -4.62. The number of carbonyl (C=O) groups is 3. The number of likely N-dealkylation sites (tertiary alicyclic amines) is 1. The van der Waals surface area contributed by atoms with Crippen LogP contribution in [0.15, 0.2) is 42.5 Å². The molecule has 3 amide bonds. The number of hydrogen-bond donors (Lipinski definition) is 0. The summed E-state index contributed by atoms with van der Waals surface area (Å²) in [5.74, 6) is -0.897. The van der Waals surface area contributed by atoms with Gasteiger partial charge in [-0.15, -0.1) is 0 Å². The van der Waals surface area contributed by atoms with Gasteiger partial charge in [-0.1, -0.05) is 25.1 Å². The number of fused-ring (bicyclic) bond motifs is 2. The van der Waals surface area contributed by atoms with Crippen molar-refractivity contribution in [3.05, 3.63) is 59.3 Å². The van der Waals surface area contributed by atoms with Gasteiger partial charge in [0.1, 0.15) is 11.9 Å². The Hall–Kier alpha value is -3.93. The van der Waals surface area contributed by atoms with E-state index < -0.39 is 29.6 Å². The Balaban J connectivity index is 1.32. The summed E-state index contributed by atoms with van der Waals surface area (Å²) >= 11 is 0. The van der Waals surface area contributed by atoms with Crippen LogP contribution in [0.25, 0.3) is 0 Å². The SMILES string of the molecule is C=C(CN(C)C)C(=O)N1CC(CCCCN2C[C@H]3CC(=O)N(c4cc(C(F)(F)F)cc(C)n4)[C@@H]3C(=O)N(C)c3cccc(C)c32)C1. The van der Waals surface area contributed by atoms with Crippen molar-refractivity contribution in [3.8, 4) is 0 Å². The number of carbonyl (C=O) groups excluding carboxylic acids is 3. The first-order valence-corrected chi connectivity index (χ1v) is 15.8. The molecule has 1 aromatic carbocycles. The number of halogens is 3. The third-order valence-corrected chi connectivity index (χ3v) is 9.22. The minimum Gasteiger partial charge on any atom is -0.369 e. The van der Waals surface area contributed by atoms with E-state index in [9.17, 15) is 27.6 Å². The van der Waals surface area contributed by atoms with E-state index in [2.05, 4.69) is 16.5 Å². The molecule has 1 aromatic heterocycles. The summed E-state index contributed by atoms with van der Waals surface area (Å²) in [6.07, 6.45) is -1.79. The number of likely N-dealkylation sites (N-methyl/N-ethyl adjacent to an activating group) is 2. The summed E-state index contributed by atoms with van der Waals surface area (Å²) in [7, 11) is 5.48. The molecule has 0 unspecified atom stereocenters. The van der Waals surface area contributed by atoms with Crippen LogP contribution in [0.4, 0.5) is 30.4 Å². The highest BCUT2D eigenvalue weighted by Gasteiger charge is 2.49. The van der Waals surface area contributed by atoms with Gasteiger partial charge in [-0.25, -0.2) is 4.98 Å². The molecule has 248 valence electrons. The van der Waals surface area contributed by atoms with Crippen molar-refractivity contribution in [2.45, 2.75) is 51.7 Å². The maximum Gasteiger partial charge on any atom is 0.416 e. The topological polar surface area (TPSA) is 80.3 Å². The van der Waals surface area contributed by atoms with Crippen LogP contribution in [0, 0.1) is 25.7 Å². The van der Waals surface area contributed by atoms with Gasteiger partial charge in [-0.05, 0) is 70.5 Å². The normalized spacial score (nSPS) is 20.5. The molecule has 0 radical (unpaired) electrons. The molecule has 2 aromatic rings. The first-order valence-electron chi connectivity index (χ1n) is 15.8. The van der Waals surface area contributed by atoms with Crippen LogP contribution in [0.3, 0.4) is 0 Å². The van der Waals surface area contributed by atoms with Crippen LogP contribution in [-0.2, 0) is 20.6 Å². The number of para-hydroxylation sites is 1. The van der Waals surface area contributed by atoms with Gasteiger partial charge >= 0.3 is 6.18 Å². The monoisotopic (exact) mass is 640 g/mol. The summed E-state index contributed by atoms with van der Waals surface area (Å²) in [4.78, 5) is 53.1. The molecule has 0 N–H and O–H groups in total. The maximum atomic E-state index is 14.0. The van der Waals surface area contributed by atoms with Crippen LogP contribution in [0.1, 0.15) is 42.5 Å². The number of alkyl halides is 3. The second kappa shape index (κ2) is 13.1. The molecule has 0 bridgehead atoms. The predicted octanol–water partition coefficient (Wildman–Crippen LogP) is 4.67. The van der Waals surface area contributed by atoms with Gasteiger partial charge in [0.15, 0.2) is 0 Å². The standard InChI is InChI=1S/C34H43F3N6O3/c1-21-10-9-12-27-30(21)41(13-8-7-11-24-18-42(19-24)32(45)22(2)17-39(4)5)20-25-15-29(44)43(31(25)33(46)40(27)6)28-16-26(34(35,36)37)14-23(3)38-28/h9-10,12,14,16,24-25,31H,2,7-8,11,13,15,17-20H2,1,3-6H3/t25-,31+/m1/s1. The molecule has 4 heterocycles. The first kappa shape index (κ1) is 33.4. The third-order valence-electron chi connectivity index (χ3n) is 9.22. The lowest BCUT2D eigenvalue weighted by Gasteiger charge is -2.41. The molecule has 0 saturated carbocycles. The number of aryl methyl sites for hydroxylation is 2. The molecule has 46 heavy (non-hydrogen) atoms. The molecule has 2 atom stereocenters. The van der Waals surface area contributed by atoms with Crippen LogP contribution in [0.2, 0.25) is 0 Å². The summed E-state index contributed by atoms with van der Waals surface area (Å²) in [5, 5.41) is 0. The quantitative estimate of drug-likeness (QED) is 0.293.